The Kier molecular flexibility index (Phi) is 12.7. The van der Waals surface area contributed by atoms with Crippen molar-refractivity contribution < 1.29 is 13.2 Å². The summed E-state index contributed by atoms with van der Waals surface area (Å²) in [5, 5.41) is 6.94. The Morgan fingerprint density at radius 1 is 1.06 bits per heavy atom. The fraction of sp³-hybridized carbons (Fsp3) is 0.760. The van der Waals surface area contributed by atoms with Crippen LogP contribution in [0.1, 0.15) is 64.2 Å². The summed E-state index contributed by atoms with van der Waals surface area (Å²) in [6, 6.07) is 3.93. The predicted octanol–water partition coefficient (Wildman–Crippen LogP) is 3.62. The van der Waals surface area contributed by atoms with Crippen LogP contribution in [0, 0.1) is 0 Å². The van der Waals surface area contributed by atoms with Crippen molar-refractivity contribution in [3.8, 4) is 0 Å². The highest BCUT2D eigenvalue weighted by Crippen LogP contribution is 2.26. The van der Waals surface area contributed by atoms with Gasteiger partial charge in [0.2, 0.25) is 10.0 Å². The normalized spacial score (nSPS) is 18.0. The van der Waals surface area contributed by atoms with E-state index in [2.05, 4.69) is 20.5 Å². The van der Waals surface area contributed by atoms with Crippen LogP contribution in [0.2, 0.25) is 0 Å². The quantitative estimate of drug-likeness (QED) is 0.281. The summed E-state index contributed by atoms with van der Waals surface area (Å²) in [4.78, 5) is 6.38. The van der Waals surface area contributed by atoms with Crippen LogP contribution in [-0.2, 0) is 14.8 Å². The molecule has 2 aliphatic rings. The molecule has 0 radical (unpaired) electrons. The van der Waals surface area contributed by atoms with Gasteiger partial charge < -0.3 is 15.4 Å². The van der Waals surface area contributed by atoms with Crippen LogP contribution in [0.25, 0.3) is 0 Å². The molecule has 1 aliphatic carbocycles. The topological polar surface area (TPSA) is 86.8 Å². The summed E-state index contributed by atoms with van der Waals surface area (Å²) in [6.45, 7) is 5.86. The standard InChI is InChI=1S/C25H43N5O3S2/c31-35(32,22-7-2-1-6-13-27-25(34)28-23-11-14-26-15-12-23)30(24-9-4-3-5-10-24)17-8-16-29-18-20-33-21-19-29/h11-12,14-15,24H,1-10,13,16-22H2,(H2,26,27,28,34). The van der Waals surface area contributed by atoms with Crippen molar-refractivity contribution in [3.05, 3.63) is 24.5 Å². The molecule has 0 atom stereocenters. The highest BCUT2D eigenvalue weighted by Gasteiger charge is 2.30. The molecular weight excluding hydrogens is 482 g/mol. The van der Waals surface area contributed by atoms with Gasteiger partial charge in [-0.3, -0.25) is 9.88 Å². The number of ether oxygens (including phenoxy) is 1. The first kappa shape index (κ1) is 28.2. The number of unbranched alkanes of at least 4 members (excludes halogenated alkanes) is 3. The van der Waals surface area contributed by atoms with Gasteiger partial charge in [-0.25, -0.2) is 8.42 Å². The Labute approximate surface area is 217 Å². The van der Waals surface area contributed by atoms with Crippen molar-refractivity contribution in [1.82, 2.24) is 19.5 Å². The fourth-order valence-corrected chi connectivity index (χ4v) is 6.98. The molecule has 1 aromatic heterocycles. The Morgan fingerprint density at radius 2 is 1.77 bits per heavy atom. The molecule has 0 unspecified atom stereocenters. The molecule has 35 heavy (non-hydrogen) atoms. The molecule has 1 saturated heterocycles. The molecule has 3 rings (SSSR count). The maximum absolute atomic E-state index is 13.3. The third-order valence-corrected chi connectivity index (χ3v) is 9.09. The summed E-state index contributed by atoms with van der Waals surface area (Å²) in [5.74, 6) is 0.260. The average Bonchev–Trinajstić information content (AvgIpc) is 2.87. The van der Waals surface area contributed by atoms with Gasteiger partial charge in [0.05, 0.1) is 19.0 Å². The summed E-state index contributed by atoms with van der Waals surface area (Å²) in [7, 11) is -3.23. The van der Waals surface area contributed by atoms with Gasteiger partial charge in [0, 0.05) is 50.3 Å². The monoisotopic (exact) mass is 525 g/mol. The number of sulfonamides is 1. The highest BCUT2D eigenvalue weighted by molar-refractivity contribution is 7.89. The molecule has 1 aromatic rings. The lowest BCUT2D eigenvalue weighted by Crippen LogP contribution is -2.44. The van der Waals surface area contributed by atoms with Crippen molar-refractivity contribution in [2.75, 3.05) is 57.0 Å². The zero-order valence-corrected chi connectivity index (χ0v) is 22.6. The molecule has 0 amide bonds. The van der Waals surface area contributed by atoms with Crippen molar-refractivity contribution in [2.24, 2.45) is 0 Å². The van der Waals surface area contributed by atoms with E-state index in [0.717, 1.165) is 96.4 Å². The number of hydrogen-bond donors (Lipinski definition) is 2. The number of nitrogens with zero attached hydrogens (tertiary/aromatic N) is 3. The SMILES string of the molecule is O=S(=O)(CCCCCCNC(=S)Nc1ccncc1)N(CCCN1CCOCC1)C1CCCCC1. The third kappa shape index (κ3) is 10.7. The van der Waals surface area contributed by atoms with Gasteiger partial charge in [-0.15, -0.1) is 0 Å². The summed E-state index contributed by atoms with van der Waals surface area (Å²) >= 11 is 5.32. The van der Waals surface area contributed by atoms with Crippen LogP contribution in [0.5, 0.6) is 0 Å². The second kappa shape index (κ2) is 15.7. The third-order valence-electron chi connectivity index (χ3n) is 6.85. The molecule has 1 aliphatic heterocycles. The maximum Gasteiger partial charge on any atom is 0.214 e. The second-order valence-corrected chi connectivity index (χ2v) is 12.0. The van der Waals surface area contributed by atoms with Gasteiger partial charge in [-0.1, -0.05) is 32.1 Å². The first-order chi connectivity index (χ1) is 17.0. The Bertz CT molecular complexity index is 829. The zero-order valence-electron chi connectivity index (χ0n) is 21.0. The van der Waals surface area contributed by atoms with Gasteiger partial charge in [-0.2, -0.15) is 4.31 Å². The number of aromatic nitrogens is 1. The Balaban J connectivity index is 1.34. The predicted molar refractivity (Wildman–Crippen MR) is 146 cm³/mol. The van der Waals surface area contributed by atoms with Crippen molar-refractivity contribution in [2.45, 2.75) is 70.3 Å². The molecule has 198 valence electrons. The molecule has 8 nitrogen and oxygen atoms in total. The molecule has 1 saturated carbocycles. The zero-order chi connectivity index (χ0) is 24.8. The van der Waals surface area contributed by atoms with E-state index in [1.54, 1.807) is 12.4 Å². The van der Waals surface area contributed by atoms with E-state index in [1.807, 2.05) is 16.4 Å². The lowest BCUT2D eigenvalue weighted by Gasteiger charge is -2.34. The molecule has 2 fully saturated rings. The molecule has 0 spiro atoms. The molecule has 0 aromatic carbocycles. The fourth-order valence-electron chi connectivity index (χ4n) is 4.89. The number of thiocarbonyl (C=S) groups is 1. The van der Waals surface area contributed by atoms with E-state index in [1.165, 1.54) is 6.42 Å². The molecule has 2 N–H and O–H groups in total. The summed E-state index contributed by atoms with van der Waals surface area (Å²) in [6.07, 6.45) is 13.5. The van der Waals surface area contributed by atoms with Gasteiger partial charge in [0.15, 0.2) is 5.11 Å². The van der Waals surface area contributed by atoms with Crippen molar-refractivity contribution in [1.29, 1.82) is 0 Å². The first-order valence-electron chi connectivity index (χ1n) is 13.3. The van der Waals surface area contributed by atoms with Gasteiger partial charge >= 0.3 is 0 Å². The van der Waals surface area contributed by atoms with Crippen LogP contribution in [0.3, 0.4) is 0 Å². The Morgan fingerprint density at radius 3 is 2.51 bits per heavy atom. The van der Waals surface area contributed by atoms with Crippen LogP contribution < -0.4 is 10.6 Å². The van der Waals surface area contributed by atoms with Crippen molar-refractivity contribution in [3.63, 3.8) is 0 Å². The maximum atomic E-state index is 13.3. The number of morpholine rings is 1. The van der Waals surface area contributed by atoms with E-state index in [9.17, 15) is 8.42 Å². The number of pyridine rings is 1. The van der Waals surface area contributed by atoms with Gasteiger partial charge in [0.25, 0.3) is 0 Å². The number of nitrogens with one attached hydrogen (secondary N) is 2. The number of anilines is 1. The molecule has 10 heteroatoms. The van der Waals surface area contributed by atoms with E-state index >= 15 is 0 Å². The van der Waals surface area contributed by atoms with Crippen LogP contribution in [0.15, 0.2) is 24.5 Å². The van der Waals surface area contributed by atoms with Crippen LogP contribution in [-0.4, -0.2) is 85.5 Å². The lowest BCUT2D eigenvalue weighted by atomic mass is 9.95. The number of rotatable bonds is 14. The Hall–Kier alpha value is -1.33. The van der Waals surface area contributed by atoms with E-state index in [4.69, 9.17) is 17.0 Å². The summed E-state index contributed by atoms with van der Waals surface area (Å²) < 4.78 is 33.9. The molecule has 2 heterocycles. The van der Waals surface area contributed by atoms with Crippen molar-refractivity contribution >= 4 is 33.0 Å². The van der Waals surface area contributed by atoms with Crippen LogP contribution >= 0.6 is 12.2 Å². The lowest BCUT2D eigenvalue weighted by molar-refractivity contribution is 0.0365. The van der Waals surface area contributed by atoms with E-state index < -0.39 is 10.0 Å². The minimum atomic E-state index is -3.23. The van der Waals surface area contributed by atoms with Gasteiger partial charge in [-0.05, 0) is 63.0 Å². The van der Waals surface area contributed by atoms with E-state index in [0.29, 0.717) is 18.1 Å². The smallest absolute Gasteiger partial charge is 0.214 e. The molecular formula is C25H43N5O3S2. The number of hydrogen-bond acceptors (Lipinski definition) is 6. The molecule has 0 bridgehead atoms. The van der Waals surface area contributed by atoms with Gasteiger partial charge in [0.1, 0.15) is 0 Å². The average molecular weight is 526 g/mol. The van der Waals surface area contributed by atoms with E-state index in [-0.39, 0.29) is 11.8 Å². The second-order valence-electron chi connectivity index (χ2n) is 9.56. The summed E-state index contributed by atoms with van der Waals surface area (Å²) in [5.41, 5.74) is 0.912. The largest absolute Gasteiger partial charge is 0.379 e. The minimum Gasteiger partial charge on any atom is -0.379 e. The minimum absolute atomic E-state index is 0.191. The van der Waals surface area contributed by atoms with Crippen LogP contribution in [0.4, 0.5) is 5.69 Å². The highest BCUT2D eigenvalue weighted by atomic mass is 32.2. The first-order valence-corrected chi connectivity index (χ1v) is 15.3.